The average molecular weight is 297 g/mol. The van der Waals surface area contributed by atoms with Gasteiger partial charge in [-0.25, -0.2) is 4.98 Å². The van der Waals surface area contributed by atoms with Gasteiger partial charge < -0.3 is 21.3 Å². The molecule has 1 amide bonds. The highest BCUT2D eigenvalue weighted by molar-refractivity contribution is 7.18. The van der Waals surface area contributed by atoms with Crippen LogP contribution in [0.3, 0.4) is 0 Å². The second-order valence-corrected chi connectivity index (χ2v) is 6.37. The normalized spacial score (nSPS) is 18.9. The average Bonchev–Trinajstić information content (AvgIpc) is 2.95. The first kappa shape index (κ1) is 15.1. The maximum atomic E-state index is 12.5. The highest BCUT2D eigenvalue weighted by atomic mass is 32.1. The first-order chi connectivity index (χ1) is 9.43. The second kappa shape index (κ2) is 5.97. The fraction of sp³-hybridized carbons (Fsp3) is 0.692. The van der Waals surface area contributed by atoms with Crippen molar-refractivity contribution in [1.29, 1.82) is 0 Å². The van der Waals surface area contributed by atoms with Crippen molar-refractivity contribution in [1.82, 2.24) is 9.88 Å². The monoisotopic (exact) mass is 297 g/mol. The van der Waals surface area contributed by atoms with Gasteiger partial charge in [0.15, 0.2) is 5.13 Å². The number of carbonyl (C=O) groups excluding carboxylic acids is 1. The van der Waals surface area contributed by atoms with Gasteiger partial charge in [-0.15, -0.1) is 0 Å². The van der Waals surface area contributed by atoms with Crippen LogP contribution in [0.5, 0.6) is 0 Å². The van der Waals surface area contributed by atoms with Crippen LogP contribution in [0.15, 0.2) is 0 Å². The molecule has 0 aromatic carbocycles. The SMILES string of the molecule is CCN(C(=O)c1sc(N2CCC(N)C2)nc1N)C(C)C. The van der Waals surface area contributed by atoms with Crippen LogP contribution in [-0.4, -0.2) is 47.5 Å². The van der Waals surface area contributed by atoms with E-state index in [9.17, 15) is 4.79 Å². The fourth-order valence-electron chi connectivity index (χ4n) is 2.44. The van der Waals surface area contributed by atoms with Crippen molar-refractivity contribution in [2.24, 2.45) is 5.73 Å². The van der Waals surface area contributed by atoms with Crippen LogP contribution in [-0.2, 0) is 0 Å². The van der Waals surface area contributed by atoms with E-state index in [2.05, 4.69) is 9.88 Å². The summed E-state index contributed by atoms with van der Waals surface area (Å²) in [5.41, 5.74) is 11.8. The Bertz CT molecular complexity index is 487. The number of nitrogen functional groups attached to an aromatic ring is 1. The van der Waals surface area contributed by atoms with Gasteiger partial charge in [0.25, 0.3) is 5.91 Å². The maximum Gasteiger partial charge on any atom is 0.268 e. The first-order valence-corrected chi connectivity index (χ1v) is 7.83. The van der Waals surface area contributed by atoms with Crippen molar-refractivity contribution >= 4 is 28.2 Å². The molecule has 1 saturated heterocycles. The molecular weight excluding hydrogens is 274 g/mol. The molecule has 1 unspecified atom stereocenters. The Morgan fingerprint density at radius 1 is 1.60 bits per heavy atom. The third-order valence-corrected chi connectivity index (χ3v) is 4.68. The van der Waals surface area contributed by atoms with Gasteiger partial charge in [-0.3, -0.25) is 4.79 Å². The Labute approximate surface area is 123 Å². The Hall–Kier alpha value is -1.34. The van der Waals surface area contributed by atoms with E-state index in [4.69, 9.17) is 11.5 Å². The minimum atomic E-state index is -0.0350. The number of hydrogen-bond donors (Lipinski definition) is 2. The Balaban J connectivity index is 2.21. The number of nitrogens with two attached hydrogens (primary N) is 2. The lowest BCUT2D eigenvalue weighted by Crippen LogP contribution is -2.36. The smallest absolute Gasteiger partial charge is 0.268 e. The Kier molecular flexibility index (Phi) is 4.49. The molecule has 20 heavy (non-hydrogen) atoms. The summed E-state index contributed by atoms with van der Waals surface area (Å²) in [5, 5.41) is 0.804. The topological polar surface area (TPSA) is 88.5 Å². The van der Waals surface area contributed by atoms with Gasteiger partial charge in [-0.1, -0.05) is 11.3 Å². The van der Waals surface area contributed by atoms with Gasteiger partial charge in [0.1, 0.15) is 10.7 Å². The molecule has 0 bridgehead atoms. The summed E-state index contributed by atoms with van der Waals surface area (Å²) in [6.07, 6.45) is 0.954. The number of thiazole rings is 1. The van der Waals surface area contributed by atoms with E-state index in [1.54, 1.807) is 4.90 Å². The fourth-order valence-corrected chi connectivity index (χ4v) is 3.42. The summed E-state index contributed by atoms with van der Waals surface area (Å²) >= 11 is 1.37. The molecule has 7 heteroatoms. The first-order valence-electron chi connectivity index (χ1n) is 7.01. The summed E-state index contributed by atoms with van der Waals surface area (Å²) < 4.78 is 0. The van der Waals surface area contributed by atoms with Crippen LogP contribution in [0.2, 0.25) is 0 Å². The van der Waals surface area contributed by atoms with E-state index in [1.807, 2.05) is 20.8 Å². The minimum Gasteiger partial charge on any atom is -0.382 e. The largest absolute Gasteiger partial charge is 0.382 e. The summed E-state index contributed by atoms with van der Waals surface area (Å²) in [6, 6.07) is 0.333. The lowest BCUT2D eigenvalue weighted by atomic mass is 10.3. The van der Waals surface area contributed by atoms with Gasteiger partial charge in [-0.2, -0.15) is 0 Å². The zero-order valence-electron chi connectivity index (χ0n) is 12.3. The molecule has 0 saturated carbocycles. The van der Waals surface area contributed by atoms with Crippen LogP contribution in [0.4, 0.5) is 10.9 Å². The second-order valence-electron chi connectivity index (χ2n) is 5.39. The molecule has 1 aromatic heterocycles. The molecule has 2 rings (SSSR count). The summed E-state index contributed by atoms with van der Waals surface area (Å²) in [6.45, 7) is 8.29. The van der Waals surface area contributed by atoms with Gasteiger partial charge in [0, 0.05) is 31.7 Å². The van der Waals surface area contributed by atoms with Crippen molar-refractivity contribution in [3.63, 3.8) is 0 Å². The number of carbonyl (C=O) groups is 1. The quantitative estimate of drug-likeness (QED) is 0.870. The maximum absolute atomic E-state index is 12.5. The molecule has 2 heterocycles. The highest BCUT2D eigenvalue weighted by Gasteiger charge is 2.27. The van der Waals surface area contributed by atoms with Gasteiger partial charge in [0.05, 0.1) is 0 Å². The molecule has 1 aromatic rings. The number of amides is 1. The number of rotatable bonds is 4. The van der Waals surface area contributed by atoms with Crippen LogP contribution in [0, 0.1) is 0 Å². The summed E-state index contributed by atoms with van der Waals surface area (Å²) in [5.74, 6) is 0.293. The van der Waals surface area contributed by atoms with Crippen molar-refractivity contribution in [2.75, 3.05) is 30.3 Å². The molecule has 0 aliphatic carbocycles. The zero-order valence-corrected chi connectivity index (χ0v) is 13.1. The minimum absolute atomic E-state index is 0.0350. The molecule has 0 radical (unpaired) electrons. The molecule has 6 nitrogen and oxygen atoms in total. The van der Waals surface area contributed by atoms with Crippen LogP contribution < -0.4 is 16.4 Å². The lowest BCUT2D eigenvalue weighted by Gasteiger charge is -2.24. The van der Waals surface area contributed by atoms with Crippen LogP contribution >= 0.6 is 11.3 Å². The third-order valence-electron chi connectivity index (χ3n) is 3.56. The Morgan fingerprint density at radius 2 is 2.30 bits per heavy atom. The molecule has 0 spiro atoms. The van der Waals surface area contributed by atoms with E-state index < -0.39 is 0 Å². The third kappa shape index (κ3) is 2.88. The molecule has 4 N–H and O–H groups in total. The van der Waals surface area contributed by atoms with E-state index in [0.717, 1.165) is 24.6 Å². The van der Waals surface area contributed by atoms with E-state index in [0.29, 0.717) is 17.2 Å². The molecule has 1 aliphatic heterocycles. The predicted molar refractivity (Wildman–Crippen MR) is 83.2 cm³/mol. The van der Waals surface area contributed by atoms with Gasteiger partial charge in [0.2, 0.25) is 0 Å². The van der Waals surface area contributed by atoms with Crippen molar-refractivity contribution < 1.29 is 4.79 Å². The number of aromatic nitrogens is 1. The van der Waals surface area contributed by atoms with Gasteiger partial charge in [-0.05, 0) is 27.2 Å². The van der Waals surface area contributed by atoms with Gasteiger partial charge >= 0.3 is 0 Å². The highest BCUT2D eigenvalue weighted by Crippen LogP contribution is 2.31. The van der Waals surface area contributed by atoms with Crippen LogP contribution in [0.1, 0.15) is 36.9 Å². The molecule has 112 valence electrons. The van der Waals surface area contributed by atoms with Crippen molar-refractivity contribution in [3.8, 4) is 0 Å². The lowest BCUT2D eigenvalue weighted by molar-refractivity contribution is 0.0722. The molecule has 1 atom stereocenters. The summed E-state index contributed by atoms with van der Waals surface area (Å²) in [4.78, 5) is 21.3. The molecule has 1 aliphatic rings. The number of nitrogens with zero attached hydrogens (tertiary/aromatic N) is 3. The molecule has 1 fully saturated rings. The van der Waals surface area contributed by atoms with E-state index in [-0.39, 0.29) is 18.0 Å². The number of anilines is 2. The summed E-state index contributed by atoms with van der Waals surface area (Å²) in [7, 11) is 0. The van der Waals surface area contributed by atoms with Crippen LogP contribution in [0.25, 0.3) is 0 Å². The van der Waals surface area contributed by atoms with Crippen molar-refractivity contribution in [2.45, 2.75) is 39.3 Å². The Morgan fingerprint density at radius 3 is 2.80 bits per heavy atom. The standard InChI is InChI=1S/C13H23N5OS/c1-4-18(8(2)3)12(19)10-11(15)16-13(20-10)17-6-5-9(14)7-17/h8-9H,4-7,14-15H2,1-3H3. The predicted octanol–water partition coefficient (Wildman–Crippen LogP) is 1.13. The zero-order chi connectivity index (χ0) is 14.9. The van der Waals surface area contributed by atoms with Crippen molar-refractivity contribution in [3.05, 3.63) is 4.88 Å². The number of hydrogen-bond acceptors (Lipinski definition) is 6. The van der Waals surface area contributed by atoms with E-state index >= 15 is 0 Å². The van der Waals surface area contributed by atoms with E-state index in [1.165, 1.54) is 11.3 Å². The molecular formula is C13H23N5OS.